The molecule has 0 saturated heterocycles. The van der Waals surface area contributed by atoms with E-state index in [9.17, 15) is 9.59 Å². The molecule has 1 amide bonds. The van der Waals surface area contributed by atoms with Crippen molar-refractivity contribution < 1.29 is 19.1 Å². The predicted octanol–water partition coefficient (Wildman–Crippen LogP) is 4.93. The van der Waals surface area contributed by atoms with Crippen molar-refractivity contribution in [1.29, 1.82) is 0 Å². The third-order valence-electron chi connectivity index (χ3n) is 4.60. The lowest BCUT2D eigenvalue weighted by molar-refractivity contribution is -0.159. The first-order chi connectivity index (χ1) is 13.6. The highest BCUT2D eigenvalue weighted by molar-refractivity contribution is 6.32. The quantitative estimate of drug-likeness (QED) is 0.552. The van der Waals surface area contributed by atoms with Crippen molar-refractivity contribution in [2.24, 2.45) is 5.92 Å². The van der Waals surface area contributed by atoms with Gasteiger partial charge in [-0.2, -0.15) is 0 Å². The Kier molecular flexibility index (Phi) is 6.71. The summed E-state index contributed by atoms with van der Waals surface area (Å²) in [5.74, 6) is -0.510. The van der Waals surface area contributed by atoms with E-state index in [1.54, 1.807) is 42.5 Å². The van der Waals surface area contributed by atoms with Crippen molar-refractivity contribution in [2.45, 2.75) is 25.4 Å². The van der Waals surface area contributed by atoms with Crippen LogP contribution in [0, 0.1) is 5.92 Å². The molecule has 3 rings (SSSR count). The van der Waals surface area contributed by atoms with E-state index in [-0.39, 0.29) is 11.9 Å². The molecule has 0 unspecified atom stereocenters. The second kappa shape index (κ2) is 9.42. The lowest BCUT2D eigenvalue weighted by Gasteiger charge is -2.22. The topological polar surface area (TPSA) is 64.6 Å². The molecule has 1 N–H and O–H groups in total. The number of anilines is 1. The molecule has 0 fully saturated rings. The zero-order valence-corrected chi connectivity index (χ0v) is 16.3. The van der Waals surface area contributed by atoms with E-state index in [4.69, 9.17) is 21.1 Å². The predicted molar refractivity (Wildman–Crippen MR) is 108 cm³/mol. The summed E-state index contributed by atoms with van der Waals surface area (Å²) in [7, 11) is 1.52. The standard InChI is InChI=1S/C22H22ClNO4/c1-27-19-13-12-17(14-18(19)23)24-21(25)20(15-8-4-2-5-9-15)28-22(26)16-10-6-3-7-11-16/h2-6,8-9,12-14,16,20H,7,10-11H2,1H3,(H,24,25)/t16-,20-/m1/s1. The number of benzene rings is 2. The minimum atomic E-state index is -1.04. The number of allylic oxidation sites excluding steroid dienone is 2. The third-order valence-corrected chi connectivity index (χ3v) is 4.89. The van der Waals surface area contributed by atoms with Gasteiger partial charge < -0.3 is 14.8 Å². The molecule has 6 heteroatoms. The van der Waals surface area contributed by atoms with Gasteiger partial charge in [0.15, 0.2) is 0 Å². The fraction of sp³-hybridized carbons (Fsp3) is 0.273. The zero-order valence-electron chi connectivity index (χ0n) is 15.6. The van der Waals surface area contributed by atoms with Gasteiger partial charge in [0.2, 0.25) is 6.10 Å². The Balaban J connectivity index is 1.78. The molecule has 2 aromatic carbocycles. The van der Waals surface area contributed by atoms with Crippen LogP contribution in [0.2, 0.25) is 5.02 Å². The number of methoxy groups -OCH3 is 1. The van der Waals surface area contributed by atoms with Gasteiger partial charge in [-0.25, -0.2) is 0 Å². The minimum absolute atomic E-state index is 0.223. The first kappa shape index (κ1) is 20.0. The number of esters is 1. The third kappa shape index (κ3) is 4.93. The lowest BCUT2D eigenvalue weighted by atomic mass is 9.94. The summed E-state index contributed by atoms with van der Waals surface area (Å²) in [6.45, 7) is 0. The molecule has 0 radical (unpaired) electrons. The number of halogens is 1. The average molecular weight is 400 g/mol. The number of hydrogen-bond donors (Lipinski definition) is 1. The molecule has 2 atom stereocenters. The van der Waals surface area contributed by atoms with Crippen LogP contribution in [0.15, 0.2) is 60.7 Å². The van der Waals surface area contributed by atoms with E-state index < -0.39 is 12.0 Å². The monoisotopic (exact) mass is 399 g/mol. The summed E-state index contributed by atoms with van der Waals surface area (Å²) in [6.07, 6.45) is 5.19. The molecule has 28 heavy (non-hydrogen) atoms. The van der Waals surface area contributed by atoms with Crippen molar-refractivity contribution in [3.63, 3.8) is 0 Å². The number of carbonyl (C=O) groups is 2. The Morgan fingerprint density at radius 1 is 1.14 bits per heavy atom. The number of hydrogen-bond acceptors (Lipinski definition) is 4. The minimum Gasteiger partial charge on any atom is -0.495 e. The van der Waals surface area contributed by atoms with E-state index in [1.165, 1.54) is 7.11 Å². The van der Waals surface area contributed by atoms with Crippen molar-refractivity contribution in [3.05, 3.63) is 71.3 Å². The normalized spacial score (nSPS) is 16.9. The van der Waals surface area contributed by atoms with Crippen LogP contribution in [0.4, 0.5) is 5.69 Å². The van der Waals surface area contributed by atoms with Gasteiger partial charge >= 0.3 is 5.97 Å². The van der Waals surface area contributed by atoms with E-state index >= 15 is 0 Å². The van der Waals surface area contributed by atoms with E-state index in [1.807, 2.05) is 12.1 Å². The van der Waals surface area contributed by atoms with Crippen LogP contribution in [0.5, 0.6) is 5.75 Å². The second-order valence-electron chi connectivity index (χ2n) is 6.55. The van der Waals surface area contributed by atoms with Crippen molar-refractivity contribution in [1.82, 2.24) is 0 Å². The Labute approximate surface area is 169 Å². The summed E-state index contributed by atoms with van der Waals surface area (Å²) < 4.78 is 10.8. The molecule has 0 heterocycles. The number of nitrogens with one attached hydrogen (secondary N) is 1. The molecule has 1 aliphatic rings. The number of ether oxygens (including phenoxy) is 2. The van der Waals surface area contributed by atoms with Gasteiger partial charge in [-0.15, -0.1) is 0 Å². The van der Waals surface area contributed by atoms with Crippen LogP contribution in [-0.2, 0) is 14.3 Å². The van der Waals surface area contributed by atoms with Crippen molar-refractivity contribution in [2.75, 3.05) is 12.4 Å². The molecule has 0 bridgehead atoms. The van der Waals surface area contributed by atoms with Crippen LogP contribution >= 0.6 is 11.6 Å². The molecule has 1 aliphatic carbocycles. The van der Waals surface area contributed by atoms with Crippen LogP contribution in [0.25, 0.3) is 0 Å². The first-order valence-electron chi connectivity index (χ1n) is 9.13. The molecule has 2 aromatic rings. The summed E-state index contributed by atoms with van der Waals surface area (Å²) >= 11 is 6.13. The van der Waals surface area contributed by atoms with Crippen molar-refractivity contribution in [3.8, 4) is 5.75 Å². The molecule has 0 aliphatic heterocycles. The number of amides is 1. The fourth-order valence-corrected chi connectivity index (χ4v) is 3.33. The van der Waals surface area contributed by atoms with Crippen molar-refractivity contribution >= 4 is 29.2 Å². The van der Waals surface area contributed by atoms with Gasteiger partial charge in [-0.3, -0.25) is 9.59 Å². The molecule has 0 aromatic heterocycles. The van der Waals surface area contributed by atoms with Crippen LogP contribution in [0.1, 0.15) is 30.9 Å². The maximum absolute atomic E-state index is 12.9. The van der Waals surface area contributed by atoms with Crippen LogP contribution in [-0.4, -0.2) is 19.0 Å². The molecule has 0 saturated carbocycles. The highest BCUT2D eigenvalue weighted by Crippen LogP contribution is 2.29. The van der Waals surface area contributed by atoms with Crippen LogP contribution in [0.3, 0.4) is 0 Å². The largest absolute Gasteiger partial charge is 0.495 e. The maximum atomic E-state index is 12.9. The van der Waals surface area contributed by atoms with Gasteiger partial charge in [0.1, 0.15) is 5.75 Å². The Morgan fingerprint density at radius 2 is 1.93 bits per heavy atom. The Morgan fingerprint density at radius 3 is 2.57 bits per heavy atom. The SMILES string of the molecule is COc1ccc(NC(=O)[C@H](OC(=O)[C@@H]2CC=CCC2)c2ccccc2)cc1Cl. The summed E-state index contributed by atoms with van der Waals surface area (Å²) in [6, 6.07) is 13.9. The summed E-state index contributed by atoms with van der Waals surface area (Å²) in [4.78, 5) is 25.5. The van der Waals surface area contributed by atoms with E-state index in [0.717, 1.165) is 12.8 Å². The van der Waals surface area contributed by atoms with E-state index in [0.29, 0.717) is 28.4 Å². The average Bonchev–Trinajstić information content (AvgIpc) is 2.73. The zero-order chi connectivity index (χ0) is 19.9. The maximum Gasteiger partial charge on any atom is 0.310 e. The van der Waals surface area contributed by atoms with Gasteiger partial charge in [0, 0.05) is 11.3 Å². The molecule has 0 spiro atoms. The summed E-state index contributed by atoms with van der Waals surface area (Å²) in [5, 5.41) is 3.15. The van der Waals surface area contributed by atoms with Gasteiger partial charge in [0.25, 0.3) is 5.91 Å². The lowest BCUT2D eigenvalue weighted by Crippen LogP contribution is -2.29. The molecular formula is C22H22ClNO4. The van der Waals surface area contributed by atoms with Gasteiger partial charge in [0.05, 0.1) is 18.1 Å². The van der Waals surface area contributed by atoms with Crippen LogP contribution < -0.4 is 10.1 Å². The first-order valence-corrected chi connectivity index (χ1v) is 9.51. The van der Waals surface area contributed by atoms with Gasteiger partial charge in [-0.1, -0.05) is 54.1 Å². The highest BCUT2D eigenvalue weighted by atomic mass is 35.5. The number of carbonyl (C=O) groups excluding carboxylic acids is 2. The molecular weight excluding hydrogens is 378 g/mol. The van der Waals surface area contributed by atoms with E-state index in [2.05, 4.69) is 11.4 Å². The molecule has 5 nitrogen and oxygen atoms in total. The molecule has 146 valence electrons. The Bertz CT molecular complexity index is 866. The second-order valence-corrected chi connectivity index (χ2v) is 6.95. The van der Waals surface area contributed by atoms with Gasteiger partial charge in [-0.05, 0) is 37.5 Å². The highest BCUT2D eigenvalue weighted by Gasteiger charge is 2.29. The summed E-state index contributed by atoms with van der Waals surface area (Å²) in [5.41, 5.74) is 1.10. The number of rotatable bonds is 6. The smallest absolute Gasteiger partial charge is 0.310 e. The fourth-order valence-electron chi connectivity index (χ4n) is 3.07. The Hall–Kier alpha value is -2.79.